The quantitative estimate of drug-likeness (QED) is 0.859. The van der Waals surface area contributed by atoms with Gasteiger partial charge in [-0.25, -0.2) is 0 Å². The highest BCUT2D eigenvalue weighted by atomic mass is 79.9. The molecule has 0 spiro atoms. The Kier molecular flexibility index (Phi) is 3.24. The van der Waals surface area contributed by atoms with Crippen LogP contribution >= 0.6 is 15.9 Å². The van der Waals surface area contributed by atoms with Gasteiger partial charge in [0.1, 0.15) is 0 Å². The number of hydrogen-bond acceptors (Lipinski definition) is 3. The van der Waals surface area contributed by atoms with Crippen molar-refractivity contribution >= 4 is 27.3 Å². The predicted molar refractivity (Wildman–Crippen MR) is 80.8 cm³/mol. The number of hydrogen-bond donors (Lipinski definition) is 1. The Balaban J connectivity index is 2.11. The maximum absolute atomic E-state index is 3.76. The summed E-state index contributed by atoms with van der Waals surface area (Å²) in [4.78, 5) is 5.07. The number of aryl methyl sites for hydroxylation is 1. The Morgan fingerprint density at radius 1 is 1.44 bits per heavy atom. The minimum absolute atomic E-state index is 0.602. The fraction of sp³-hybridized carbons (Fsp3) is 0.571. The Morgan fingerprint density at radius 3 is 3.06 bits per heavy atom. The third kappa shape index (κ3) is 1.91. The van der Waals surface area contributed by atoms with E-state index in [4.69, 9.17) is 0 Å². The van der Waals surface area contributed by atoms with Crippen molar-refractivity contribution in [2.45, 2.75) is 19.9 Å². The molecule has 1 saturated heterocycles. The van der Waals surface area contributed by atoms with E-state index in [2.05, 4.69) is 57.0 Å². The van der Waals surface area contributed by atoms with Crippen LogP contribution in [0.2, 0.25) is 0 Å². The van der Waals surface area contributed by atoms with E-state index in [0.29, 0.717) is 6.04 Å². The van der Waals surface area contributed by atoms with Gasteiger partial charge in [0.15, 0.2) is 0 Å². The van der Waals surface area contributed by atoms with Crippen molar-refractivity contribution in [1.82, 2.24) is 5.32 Å². The average molecular weight is 310 g/mol. The molecule has 1 atom stereocenters. The second-order valence-corrected chi connectivity index (χ2v) is 6.06. The molecular formula is C14H20BrN3. The lowest BCUT2D eigenvalue weighted by atomic mass is 10.0. The van der Waals surface area contributed by atoms with Crippen LogP contribution in [0.15, 0.2) is 16.6 Å². The van der Waals surface area contributed by atoms with Crippen LogP contribution in [0.1, 0.15) is 12.5 Å². The second kappa shape index (κ2) is 4.74. The molecule has 98 valence electrons. The highest BCUT2D eigenvalue weighted by Gasteiger charge is 2.33. The number of rotatable bonds is 1. The molecule has 0 aliphatic carbocycles. The number of halogens is 1. The Morgan fingerprint density at radius 2 is 2.28 bits per heavy atom. The first-order valence-corrected chi connectivity index (χ1v) is 7.52. The van der Waals surface area contributed by atoms with Crippen molar-refractivity contribution < 1.29 is 0 Å². The van der Waals surface area contributed by atoms with Crippen LogP contribution in [0.25, 0.3) is 0 Å². The molecule has 1 aromatic rings. The summed E-state index contributed by atoms with van der Waals surface area (Å²) in [6.45, 7) is 9.91. The van der Waals surface area contributed by atoms with Gasteiger partial charge in [-0.3, -0.25) is 0 Å². The largest absolute Gasteiger partial charge is 0.368 e. The van der Waals surface area contributed by atoms with Crippen LogP contribution in [0, 0.1) is 6.92 Å². The van der Waals surface area contributed by atoms with Crippen molar-refractivity contribution in [2.75, 3.05) is 42.5 Å². The molecule has 0 aromatic heterocycles. The molecule has 18 heavy (non-hydrogen) atoms. The number of nitrogens with zero attached hydrogens (tertiary/aromatic N) is 2. The third-order valence-corrected chi connectivity index (χ3v) is 4.58. The normalized spacial score (nSPS) is 22.7. The molecule has 0 saturated carbocycles. The van der Waals surface area contributed by atoms with Crippen LogP contribution in [0.4, 0.5) is 11.4 Å². The van der Waals surface area contributed by atoms with E-state index >= 15 is 0 Å². The standard InChI is InChI=1S/C14H20BrN3/c1-3-17-9-11-8-16-4-5-18(11)14-12(15)6-10(2)7-13(14)17/h6-7,11,16H,3-5,8-9H2,1-2H3. The Hall–Kier alpha value is -0.740. The lowest BCUT2D eigenvalue weighted by molar-refractivity contribution is 0.460. The van der Waals surface area contributed by atoms with Gasteiger partial charge in [0, 0.05) is 37.2 Å². The zero-order valence-electron chi connectivity index (χ0n) is 11.0. The van der Waals surface area contributed by atoms with Gasteiger partial charge in [-0.2, -0.15) is 0 Å². The van der Waals surface area contributed by atoms with Gasteiger partial charge in [0.05, 0.1) is 17.4 Å². The lowest BCUT2D eigenvalue weighted by Gasteiger charge is -2.47. The molecule has 1 N–H and O–H groups in total. The predicted octanol–water partition coefficient (Wildman–Crippen LogP) is 2.38. The maximum Gasteiger partial charge on any atom is 0.0752 e. The van der Waals surface area contributed by atoms with E-state index in [0.717, 1.165) is 32.7 Å². The van der Waals surface area contributed by atoms with Gasteiger partial charge in [0.25, 0.3) is 0 Å². The molecule has 0 amide bonds. The lowest BCUT2D eigenvalue weighted by Crippen LogP contribution is -2.59. The van der Waals surface area contributed by atoms with E-state index in [1.807, 2.05) is 0 Å². The fourth-order valence-corrected chi connectivity index (χ4v) is 3.90. The van der Waals surface area contributed by atoms with E-state index in [-0.39, 0.29) is 0 Å². The summed E-state index contributed by atoms with van der Waals surface area (Å²) in [5.74, 6) is 0. The summed E-state index contributed by atoms with van der Waals surface area (Å²) in [5.41, 5.74) is 4.11. The molecule has 1 unspecified atom stereocenters. The van der Waals surface area contributed by atoms with Gasteiger partial charge < -0.3 is 15.1 Å². The molecule has 1 aromatic carbocycles. The number of fused-ring (bicyclic) bond motifs is 3. The van der Waals surface area contributed by atoms with Crippen LogP contribution in [0.5, 0.6) is 0 Å². The van der Waals surface area contributed by atoms with E-state index in [1.54, 1.807) is 0 Å². The molecule has 0 bridgehead atoms. The van der Waals surface area contributed by atoms with Crippen molar-refractivity contribution in [1.29, 1.82) is 0 Å². The van der Waals surface area contributed by atoms with Crippen LogP contribution < -0.4 is 15.1 Å². The molecule has 2 aliphatic rings. The minimum Gasteiger partial charge on any atom is -0.368 e. The number of nitrogens with one attached hydrogen (secondary N) is 1. The first-order chi connectivity index (χ1) is 8.70. The summed E-state index contributed by atoms with van der Waals surface area (Å²) in [5, 5.41) is 3.51. The summed E-state index contributed by atoms with van der Waals surface area (Å²) in [6.07, 6.45) is 0. The van der Waals surface area contributed by atoms with Gasteiger partial charge in [-0.05, 0) is 47.5 Å². The fourth-order valence-electron chi connectivity index (χ4n) is 3.11. The zero-order chi connectivity index (χ0) is 12.7. The van der Waals surface area contributed by atoms with Crippen LogP contribution in [-0.2, 0) is 0 Å². The number of likely N-dealkylation sites (N-methyl/N-ethyl adjacent to an activating group) is 1. The molecule has 2 aliphatic heterocycles. The monoisotopic (exact) mass is 309 g/mol. The van der Waals surface area contributed by atoms with Gasteiger partial charge >= 0.3 is 0 Å². The second-order valence-electron chi connectivity index (χ2n) is 5.20. The summed E-state index contributed by atoms with van der Waals surface area (Å²) < 4.78 is 1.24. The van der Waals surface area contributed by atoms with Crippen LogP contribution in [-0.4, -0.2) is 38.8 Å². The van der Waals surface area contributed by atoms with Crippen molar-refractivity contribution in [3.8, 4) is 0 Å². The molecule has 2 heterocycles. The Labute approximate surface area is 117 Å². The van der Waals surface area contributed by atoms with Gasteiger partial charge in [0.2, 0.25) is 0 Å². The molecule has 0 radical (unpaired) electrons. The molecule has 1 fully saturated rings. The molecule has 3 nitrogen and oxygen atoms in total. The zero-order valence-corrected chi connectivity index (χ0v) is 12.6. The van der Waals surface area contributed by atoms with E-state index in [1.165, 1.54) is 21.4 Å². The third-order valence-electron chi connectivity index (χ3n) is 3.98. The molecule has 3 rings (SSSR count). The topological polar surface area (TPSA) is 18.5 Å². The van der Waals surface area contributed by atoms with E-state index in [9.17, 15) is 0 Å². The van der Waals surface area contributed by atoms with Gasteiger partial charge in [-0.15, -0.1) is 0 Å². The number of piperazine rings is 1. The van der Waals surface area contributed by atoms with Crippen molar-refractivity contribution in [2.24, 2.45) is 0 Å². The van der Waals surface area contributed by atoms with Gasteiger partial charge in [-0.1, -0.05) is 0 Å². The SMILES string of the molecule is CCN1CC2CNCCN2c2c(Br)cc(C)cc21. The summed E-state index contributed by atoms with van der Waals surface area (Å²) >= 11 is 3.76. The first-order valence-electron chi connectivity index (χ1n) is 6.73. The number of anilines is 2. The summed E-state index contributed by atoms with van der Waals surface area (Å²) in [7, 11) is 0. The van der Waals surface area contributed by atoms with Crippen molar-refractivity contribution in [3.63, 3.8) is 0 Å². The summed E-state index contributed by atoms with van der Waals surface area (Å²) in [6, 6.07) is 5.16. The minimum atomic E-state index is 0.602. The Bertz CT molecular complexity index is 461. The highest BCUT2D eigenvalue weighted by molar-refractivity contribution is 9.10. The van der Waals surface area contributed by atoms with Crippen molar-refractivity contribution in [3.05, 3.63) is 22.2 Å². The molecule has 4 heteroatoms. The highest BCUT2D eigenvalue weighted by Crippen LogP contribution is 2.42. The van der Waals surface area contributed by atoms with E-state index < -0.39 is 0 Å². The number of benzene rings is 1. The average Bonchev–Trinajstić information content (AvgIpc) is 2.37. The molecular weight excluding hydrogens is 290 g/mol. The maximum atomic E-state index is 3.76. The first kappa shape index (κ1) is 12.3. The van der Waals surface area contributed by atoms with Crippen LogP contribution in [0.3, 0.4) is 0 Å². The smallest absolute Gasteiger partial charge is 0.0752 e.